The monoisotopic (exact) mass is 317 g/mol. The minimum atomic E-state index is -0.290. The molecule has 122 valence electrons. The second-order valence-electron chi connectivity index (χ2n) is 6.33. The maximum atomic E-state index is 14.4. The van der Waals surface area contributed by atoms with Gasteiger partial charge in [-0.1, -0.05) is 6.92 Å². The van der Waals surface area contributed by atoms with Crippen LogP contribution in [0.5, 0.6) is 0 Å². The quantitative estimate of drug-likeness (QED) is 0.864. The van der Waals surface area contributed by atoms with Gasteiger partial charge < -0.3 is 9.32 Å². The molecule has 1 aliphatic heterocycles. The van der Waals surface area contributed by atoms with E-state index in [1.807, 2.05) is 11.8 Å². The minimum absolute atomic E-state index is 0.266. The first-order valence-electron chi connectivity index (χ1n) is 8.34. The van der Waals surface area contributed by atoms with Crippen LogP contribution in [0.2, 0.25) is 0 Å². The van der Waals surface area contributed by atoms with E-state index in [-0.39, 0.29) is 11.7 Å². The number of anilines is 1. The van der Waals surface area contributed by atoms with Gasteiger partial charge in [0.2, 0.25) is 11.8 Å². The fraction of sp³-hybridized carbons (Fsp3) is 0.625. The average Bonchev–Trinajstić information content (AvgIpc) is 3.33. The van der Waals surface area contributed by atoms with Crippen LogP contribution in [0, 0.1) is 5.82 Å². The number of hydrogen-bond acceptors (Lipinski definition) is 6. The molecule has 2 aromatic heterocycles. The zero-order valence-electron chi connectivity index (χ0n) is 13.2. The lowest BCUT2D eigenvalue weighted by atomic mass is 9.97. The van der Waals surface area contributed by atoms with E-state index in [1.54, 1.807) is 0 Å². The molecule has 1 saturated heterocycles. The van der Waals surface area contributed by atoms with Crippen LogP contribution in [0.25, 0.3) is 0 Å². The van der Waals surface area contributed by atoms with Crippen molar-refractivity contribution < 1.29 is 8.81 Å². The van der Waals surface area contributed by atoms with Crippen molar-refractivity contribution in [3.63, 3.8) is 0 Å². The number of hydrogen-bond donors (Lipinski definition) is 0. The number of nitrogens with zero attached hydrogens (tertiary/aromatic N) is 5. The second kappa shape index (κ2) is 5.86. The molecule has 0 radical (unpaired) electrons. The number of piperidine rings is 1. The van der Waals surface area contributed by atoms with Gasteiger partial charge in [0, 0.05) is 24.9 Å². The highest BCUT2D eigenvalue weighted by molar-refractivity contribution is 5.41. The summed E-state index contributed by atoms with van der Waals surface area (Å²) in [4.78, 5) is 10.1. The van der Waals surface area contributed by atoms with Crippen molar-refractivity contribution >= 4 is 5.82 Å². The lowest BCUT2D eigenvalue weighted by molar-refractivity contribution is 0.374. The Hall–Kier alpha value is -2.05. The highest BCUT2D eigenvalue weighted by atomic mass is 19.1. The van der Waals surface area contributed by atoms with Gasteiger partial charge in [-0.25, -0.2) is 14.4 Å². The third kappa shape index (κ3) is 2.80. The minimum Gasteiger partial charge on any atom is -0.425 e. The van der Waals surface area contributed by atoms with E-state index >= 15 is 0 Å². The smallest absolute Gasteiger partial charge is 0.219 e. The topological polar surface area (TPSA) is 67.9 Å². The molecular formula is C16H20FN5O. The van der Waals surface area contributed by atoms with Crippen molar-refractivity contribution in [1.29, 1.82) is 0 Å². The Morgan fingerprint density at radius 2 is 1.74 bits per heavy atom. The van der Waals surface area contributed by atoms with E-state index in [4.69, 9.17) is 4.42 Å². The van der Waals surface area contributed by atoms with Gasteiger partial charge in [-0.15, -0.1) is 10.2 Å². The molecule has 4 rings (SSSR count). The molecule has 0 amide bonds. The zero-order valence-corrected chi connectivity index (χ0v) is 13.2. The standard InChI is InChI=1S/C16H20FN5O/c1-2-12-13(17)14(19-9-18-12)22-7-5-11(6-8-22)16-21-20-15(23-16)10-3-4-10/h9-11H,2-8H2,1H3. The van der Waals surface area contributed by atoms with Crippen molar-refractivity contribution in [1.82, 2.24) is 20.2 Å². The van der Waals surface area contributed by atoms with Gasteiger partial charge in [-0.05, 0) is 32.1 Å². The zero-order chi connectivity index (χ0) is 15.8. The Labute approximate surface area is 134 Å². The van der Waals surface area contributed by atoms with Crippen LogP contribution in [0.15, 0.2) is 10.7 Å². The van der Waals surface area contributed by atoms with Crippen LogP contribution in [0.3, 0.4) is 0 Å². The van der Waals surface area contributed by atoms with Gasteiger partial charge >= 0.3 is 0 Å². The molecule has 2 fully saturated rings. The van der Waals surface area contributed by atoms with Gasteiger partial charge in [-0.3, -0.25) is 0 Å². The highest BCUT2D eigenvalue weighted by Crippen LogP contribution is 2.40. The van der Waals surface area contributed by atoms with Crippen LogP contribution in [-0.2, 0) is 6.42 Å². The van der Waals surface area contributed by atoms with E-state index in [0.29, 0.717) is 23.9 Å². The Morgan fingerprint density at radius 1 is 1.09 bits per heavy atom. The second-order valence-corrected chi connectivity index (χ2v) is 6.33. The van der Waals surface area contributed by atoms with Crippen molar-refractivity contribution in [2.75, 3.05) is 18.0 Å². The van der Waals surface area contributed by atoms with Crippen LogP contribution < -0.4 is 4.90 Å². The van der Waals surface area contributed by atoms with Gasteiger partial charge in [0.15, 0.2) is 11.6 Å². The number of aromatic nitrogens is 4. The summed E-state index contributed by atoms with van der Waals surface area (Å²) in [6, 6.07) is 0. The number of aryl methyl sites for hydroxylation is 1. The molecule has 0 bridgehead atoms. The summed E-state index contributed by atoms with van der Waals surface area (Å²) in [7, 11) is 0. The summed E-state index contributed by atoms with van der Waals surface area (Å²) in [5.41, 5.74) is 0.475. The number of rotatable bonds is 4. The molecular weight excluding hydrogens is 297 g/mol. The lowest BCUT2D eigenvalue weighted by Crippen LogP contribution is -2.34. The molecule has 6 nitrogen and oxygen atoms in total. The predicted octanol–water partition coefficient (Wildman–Crippen LogP) is 2.82. The van der Waals surface area contributed by atoms with E-state index in [9.17, 15) is 4.39 Å². The molecule has 0 unspecified atom stereocenters. The first-order chi connectivity index (χ1) is 11.3. The Morgan fingerprint density at radius 3 is 2.35 bits per heavy atom. The summed E-state index contributed by atoms with van der Waals surface area (Å²) in [6.07, 6.45) is 6.08. The molecule has 0 atom stereocenters. The maximum absolute atomic E-state index is 14.4. The van der Waals surface area contributed by atoms with Gasteiger partial charge in [0.1, 0.15) is 6.33 Å². The molecule has 0 N–H and O–H groups in total. The molecule has 1 aliphatic carbocycles. The van der Waals surface area contributed by atoms with Crippen LogP contribution in [0.4, 0.5) is 10.2 Å². The maximum Gasteiger partial charge on any atom is 0.219 e. The van der Waals surface area contributed by atoms with Crippen LogP contribution in [-0.4, -0.2) is 33.3 Å². The van der Waals surface area contributed by atoms with E-state index < -0.39 is 0 Å². The van der Waals surface area contributed by atoms with Crippen molar-refractivity contribution in [3.05, 3.63) is 29.6 Å². The largest absolute Gasteiger partial charge is 0.425 e. The van der Waals surface area contributed by atoms with E-state index in [2.05, 4.69) is 20.2 Å². The van der Waals surface area contributed by atoms with E-state index in [0.717, 1.165) is 50.6 Å². The summed E-state index contributed by atoms with van der Waals surface area (Å²) in [6.45, 7) is 3.38. The van der Waals surface area contributed by atoms with Gasteiger partial charge in [0.05, 0.1) is 5.69 Å². The van der Waals surface area contributed by atoms with Crippen molar-refractivity contribution in [3.8, 4) is 0 Å². The number of halogens is 1. The molecule has 7 heteroatoms. The summed E-state index contributed by atoms with van der Waals surface area (Å²) in [5, 5.41) is 8.37. The average molecular weight is 317 g/mol. The van der Waals surface area contributed by atoms with E-state index in [1.165, 1.54) is 6.33 Å². The first kappa shape index (κ1) is 14.5. The SMILES string of the molecule is CCc1ncnc(N2CCC(c3nnc(C4CC4)o3)CC2)c1F. The molecule has 3 heterocycles. The van der Waals surface area contributed by atoms with Gasteiger partial charge in [0.25, 0.3) is 0 Å². The normalized spacial score (nSPS) is 19.3. The Kier molecular flexibility index (Phi) is 3.71. The highest BCUT2D eigenvalue weighted by Gasteiger charge is 2.32. The van der Waals surface area contributed by atoms with Crippen molar-refractivity contribution in [2.45, 2.75) is 50.9 Å². The lowest BCUT2D eigenvalue weighted by Gasteiger charge is -2.31. The molecule has 23 heavy (non-hydrogen) atoms. The fourth-order valence-electron chi connectivity index (χ4n) is 3.11. The summed E-state index contributed by atoms with van der Waals surface area (Å²) >= 11 is 0. The molecule has 1 saturated carbocycles. The Bertz CT molecular complexity index is 692. The first-order valence-corrected chi connectivity index (χ1v) is 8.34. The summed E-state index contributed by atoms with van der Waals surface area (Å²) < 4.78 is 20.2. The van der Waals surface area contributed by atoms with Crippen LogP contribution in [0.1, 0.15) is 61.9 Å². The van der Waals surface area contributed by atoms with Gasteiger partial charge in [-0.2, -0.15) is 0 Å². The van der Waals surface area contributed by atoms with Crippen molar-refractivity contribution in [2.24, 2.45) is 0 Å². The Balaban J connectivity index is 1.44. The molecule has 0 aromatic carbocycles. The fourth-order valence-corrected chi connectivity index (χ4v) is 3.11. The molecule has 2 aromatic rings. The predicted molar refractivity (Wildman–Crippen MR) is 81.8 cm³/mol. The summed E-state index contributed by atoms with van der Waals surface area (Å²) in [5.74, 6) is 2.41. The molecule has 2 aliphatic rings. The molecule has 0 spiro atoms. The van der Waals surface area contributed by atoms with Crippen LogP contribution >= 0.6 is 0 Å². The third-order valence-corrected chi connectivity index (χ3v) is 4.70. The third-order valence-electron chi connectivity index (χ3n) is 4.70.